The number of hydrogen-bond acceptors (Lipinski definition) is 7. The summed E-state index contributed by atoms with van der Waals surface area (Å²) in [7, 11) is 3.18. The Labute approximate surface area is 212 Å². The Morgan fingerprint density at radius 2 is 1.92 bits per heavy atom. The van der Waals surface area contributed by atoms with E-state index in [1.165, 1.54) is 12.1 Å². The standard InChI is InChI=1S/C26H22N4O5S/c1-33-18-9-10-20(23(15-18)34-2)29-25(24(28-26(29)36)19-8-3-4-13-27-19)22-12-11-21(35-22)16-6-5-7-17(14-16)30(31)32/h3-15,24-25H,1-2H3,(H,28,36). The summed E-state index contributed by atoms with van der Waals surface area (Å²) >= 11 is 5.78. The topological polar surface area (TPSA) is 103 Å². The van der Waals surface area contributed by atoms with Crippen LogP contribution in [-0.2, 0) is 0 Å². The van der Waals surface area contributed by atoms with Crippen molar-refractivity contribution in [2.24, 2.45) is 0 Å². The molecule has 5 rings (SSSR count). The van der Waals surface area contributed by atoms with Crippen LogP contribution in [0.1, 0.15) is 23.5 Å². The molecular formula is C26H22N4O5S. The number of nitro groups is 1. The van der Waals surface area contributed by atoms with E-state index in [0.29, 0.717) is 33.7 Å². The minimum atomic E-state index is -0.429. The summed E-state index contributed by atoms with van der Waals surface area (Å²) in [6.07, 6.45) is 1.73. The number of ether oxygens (including phenoxy) is 2. The second kappa shape index (κ2) is 9.67. The minimum Gasteiger partial charge on any atom is -0.497 e. The molecular weight excluding hydrogens is 480 g/mol. The Morgan fingerprint density at radius 1 is 1.06 bits per heavy atom. The van der Waals surface area contributed by atoms with Gasteiger partial charge < -0.3 is 24.1 Å². The van der Waals surface area contributed by atoms with Crippen molar-refractivity contribution in [2.75, 3.05) is 19.1 Å². The van der Waals surface area contributed by atoms with E-state index < -0.39 is 11.0 Å². The first kappa shape index (κ1) is 23.3. The molecule has 1 N–H and O–H groups in total. The lowest BCUT2D eigenvalue weighted by Gasteiger charge is -2.27. The molecule has 0 saturated carbocycles. The van der Waals surface area contributed by atoms with Gasteiger partial charge in [-0.1, -0.05) is 18.2 Å². The number of nitro benzene ring substituents is 1. The summed E-state index contributed by atoms with van der Waals surface area (Å²) in [6, 6.07) is 20.4. The average Bonchev–Trinajstić information content (AvgIpc) is 3.53. The number of rotatable bonds is 7. The van der Waals surface area contributed by atoms with Crippen LogP contribution in [0.4, 0.5) is 11.4 Å². The van der Waals surface area contributed by atoms with Crippen LogP contribution < -0.4 is 19.7 Å². The van der Waals surface area contributed by atoms with E-state index in [4.69, 9.17) is 26.1 Å². The van der Waals surface area contributed by atoms with Gasteiger partial charge in [0.05, 0.1) is 36.6 Å². The largest absolute Gasteiger partial charge is 0.497 e. The predicted molar refractivity (Wildman–Crippen MR) is 138 cm³/mol. The van der Waals surface area contributed by atoms with Gasteiger partial charge in [-0.25, -0.2) is 0 Å². The molecule has 2 aromatic heterocycles. The third kappa shape index (κ3) is 4.22. The van der Waals surface area contributed by atoms with Gasteiger partial charge in [-0.2, -0.15) is 0 Å². The fourth-order valence-electron chi connectivity index (χ4n) is 4.33. The zero-order chi connectivity index (χ0) is 25.2. The van der Waals surface area contributed by atoms with Gasteiger partial charge in [-0.3, -0.25) is 15.1 Å². The highest BCUT2D eigenvalue weighted by molar-refractivity contribution is 7.80. The molecule has 0 aliphatic carbocycles. The van der Waals surface area contributed by atoms with Crippen molar-refractivity contribution in [2.45, 2.75) is 12.1 Å². The number of aromatic nitrogens is 1. The zero-order valence-corrected chi connectivity index (χ0v) is 20.3. The smallest absolute Gasteiger partial charge is 0.270 e. The van der Waals surface area contributed by atoms with Crippen molar-refractivity contribution in [3.63, 3.8) is 0 Å². The maximum absolute atomic E-state index is 11.3. The number of pyridine rings is 1. The molecule has 1 aliphatic heterocycles. The first-order valence-electron chi connectivity index (χ1n) is 11.1. The molecule has 0 radical (unpaired) electrons. The number of nitrogens with zero attached hydrogens (tertiary/aromatic N) is 3. The molecule has 1 fully saturated rings. The van der Waals surface area contributed by atoms with E-state index in [1.807, 2.05) is 41.3 Å². The van der Waals surface area contributed by atoms with Gasteiger partial charge in [-0.05, 0) is 48.6 Å². The van der Waals surface area contributed by atoms with E-state index in [2.05, 4.69) is 10.3 Å². The van der Waals surface area contributed by atoms with E-state index in [-0.39, 0.29) is 11.7 Å². The highest BCUT2D eigenvalue weighted by Crippen LogP contribution is 2.46. The van der Waals surface area contributed by atoms with Crippen molar-refractivity contribution in [1.29, 1.82) is 0 Å². The maximum Gasteiger partial charge on any atom is 0.270 e. The molecule has 0 bridgehead atoms. The Hall–Kier alpha value is -4.44. The number of benzene rings is 2. The van der Waals surface area contributed by atoms with Crippen molar-refractivity contribution >= 4 is 28.7 Å². The minimum absolute atomic E-state index is 0.00915. The Kier molecular flexibility index (Phi) is 6.26. The van der Waals surface area contributed by atoms with Crippen LogP contribution in [0.2, 0.25) is 0 Å². The molecule has 9 nitrogen and oxygen atoms in total. The van der Waals surface area contributed by atoms with Gasteiger partial charge in [0.25, 0.3) is 5.69 Å². The third-order valence-corrected chi connectivity index (χ3v) is 6.32. The fourth-order valence-corrected chi connectivity index (χ4v) is 4.67. The Balaban J connectivity index is 1.62. The van der Waals surface area contributed by atoms with Crippen LogP contribution in [0.25, 0.3) is 11.3 Å². The van der Waals surface area contributed by atoms with E-state index in [0.717, 1.165) is 11.4 Å². The number of nitrogens with one attached hydrogen (secondary N) is 1. The molecule has 4 aromatic rings. The van der Waals surface area contributed by atoms with Gasteiger partial charge in [0.15, 0.2) is 5.11 Å². The normalized spacial score (nSPS) is 17.1. The fraction of sp³-hybridized carbons (Fsp3) is 0.154. The van der Waals surface area contributed by atoms with Crippen molar-refractivity contribution in [3.8, 4) is 22.8 Å². The summed E-state index contributed by atoms with van der Waals surface area (Å²) < 4.78 is 17.3. The lowest BCUT2D eigenvalue weighted by molar-refractivity contribution is -0.384. The van der Waals surface area contributed by atoms with Gasteiger partial charge in [-0.15, -0.1) is 0 Å². The van der Waals surface area contributed by atoms with Crippen LogP contribution in [-0.4, -0.2) is 29.2 Å². The van der Waals surface area contributed by atoms with Gasteiger partial charge in [0.1, 0.15) is 29.1 Å². The molecule has 0 spiro atoms. The molecule has 1 saturated heterocycles. The summed E-state index contributed by atoms with van der Waals surface area (Å²) in [6.45, 7) is 0. The Morgan fingerprint density at radius 3 is 2.64 bits per heavy atom. The quantitative estimate of drug-likeness (QED) is 0.201. The summed E-state index contributed by atoms with van der Waals surface area (Å²) in [5.41, 5.74) is 2.11. The second-order valence-electron chi connectivity index (χ2n) is 8.04. The molecule has 2 aromatic carbocycles. The molecule has 182 valence electrons. The molecule has 2 atom stereocenters. The summed E-state index contributed by atoms with van der Waals surface area (Å²) in [5.74, 6) is 2.35. The first-order valence-corrected chi connectivity index (χ1v) is 11.5. The van der Waals surface area contributed by atoms with Crippen molar-refractivity contribution in [3.05, 3.63) is 101 Å². The zero-order valence-electron chi connectivity index (χ0n) is 19.5. The SMILES string of the molecule is COc1ccc(N2C(=S)NC(c3ccccn3)C2c2ccc(-c3cccc([N+](=O)[O-])c3)o2)c(OC)c1. The van der Waals surface area contributed by atoms with Gasteiger partial charge in [0, 0.05) is 30.0 Å². The van der Waals surface area contributed by atoms with E-state index in [1.54, 1.807) is 44.7 Å². The van der Waals surface area contributed by atoms with Crippen LogP contribution in [0.5, 0.6) is 11.5 Å². The van der Waals surface area contributed by atoms with Crippen LogP contribution in [0, 0.1) is 10.1 Å². The van der Waals surface area contributed by atoms with E-state index >= 15 is 0 Å². The molecule has 3 heterocycles. The monoisotopic (exact) mass is 502 g/mol. The lowest BCUT2D eigenvalue weighted by atomic mass is 10.0. The maximum atomic E-state index is 11.3. The molecule has 10 heteroatoms. The summed E-state index contributed by atoms with van der Waals surface area (Å²) in [4.78, 5) is 17.3. The lowest BCUT2D eigenvalue weighted by Crippen LogP contribution is -2.29. The van der Waals surface area contributed by atoms with Gasteiger partial charge in [0.2, 0.25) is 0 Å². The Bertz CT molecular complexity index is 1420. The highest BCUT2D eigenvalue weighted by atomic mass is 32.1. The van der Waals surface area contributed by atoms with Crippen LogP contribution >= 0.6 is 12.2 Å². The number of anilines is 1. The number of hydrogen-bond donors (Lipinski definition) is 1. The van der Waals surface area contributed by atoms with Crippen LogP contribution in [0.15, 0.2) is 83.4 Å². The van der Waals surface area contributed by atoms with Gasteiger partial charge >= 0.3 is 0 Å². The molecule has 0 amide bonds. The first-order chi connectivity index (χ1) is 17.5. The van der Waals surface area contributed by atoms with Crippen molar-refractivity contribution in [1.82, 2.24) is 10.3 Å². The molecule has 2 unspecified atom stereocenters. The van der Waals surface area contributed by atoms with Crippen molar-refractivity contribution < 1.29 is 18.8 Å². The number of methoxy groups -OCH3 is 2. The van der Waals surface area contributed by atoms with E-state index in [9.17, 15) is 10.1 Å². The number of thiocarbonyl (C=S) groups is 1. The number of furan rings is 1. The average molecular weight is 503 g/mol. The molecule has 1 aliphatic rings. The third-order valence-electron chi connectivity index (χ3n) is 6.00. The number of non-ortho nitro benzene ring substituents is 1. The second-order valence-corrected chi connectivity index (χ2v) is 8.43. The molecule has 36 heavy (non-hydrogen) atoms. The highest BCUT2D eigenvalue weighted by Gasteiger charge is 2.43. The predicted octanol–water partition coefficient (Wildman–Crippen LogP) is 5.44. The van der Waals surface area contributed by atoms with Crippen LogP contribution in [0.3, 0.4) is 0 Å². The summed E-state index contributed by atoms with van der Waals surface area (Å²) in [5, 5.41) is 15.1.